The highest BCUT2D eigenvalue weighted by Crippen LogP contribution is 2.26. The maximum absolute atomic E-state index is 13.2. The normalized spacial score (nSPS) is 10.9. The van der Waals surface area contributed by atoms with E-state index in [4.69, 9.17) is 17.3 Å². The summed E-state index contributed by atoms with van der Waals surface area (Å²) >= 11 is 7.49. The van der Waals surface area contributed by atoms with Gasteiger partial charge in [-0.3, -0.25) is 0 Å². The Morgan fingerprint density at radius 1 is 1.42 bits per heavy atom. The maximum Gasteiger partial charge on any atom is 0.191 e. The fraction of sp³-hybridized carbons (Fsp3) is 0.333. The van der Waals surface area contributed by atoms with Crippen LogP contribution in [0.3, 0.4) is 0 Å². The molecule has 1 aromatic heterocycles. The number of benzene rings is 1. The number of nitrogens with two attached hydrogens (primary N) is 1. The Balaban J connectivity index is 2.12. The Hall–Kier alpha value is -1.11. The number of rotatable bonds is 5. The molecule has 0 radical (unpaired) electrons. The van der Waals surface area contributed by atoms with Crippen molar-refractivity contribution in [3.63, 3.8) is 0 Å². The van der Waals surface area contributed by atoms with E-state index in [1.54, 1.807) is 6.07 Å². The van der Waals surface area contributed by atoms with E-state index in [0.29, 0.717) is 23.9 Å². The van der Waals surface area contributed by atoms with Crippen LogP contribution in [0.4, 0.5) is 4.39 Å². The van der Waals surface area contributed by atoms with Gasteiger partial charge in [0.25, 0.3) is 0 Å². The van der Waals surface area contributed by atoms with Crippen molar-refractivity contribution in [3.05, 3.63) is 40.4 Å². The number of aryl methyl sites for hydroxylation is 1. The van der Waals surface area contributed by atoms with Gasteiger partial charge in [-0.25, -0.2) is 4.39 Å². The van der Waals surface area contributed by atoms with Crippen LogP contribution in [0.25, 0.3) is 0 Å². The van der Waals surface area contributed by atoms with E-state index >= 15 is 0 Å². The molecule has 2 aromatic rings. The highest BCUT2D eigenvalue weighted by Gasteiger charge is 2.10. The van der Waals surface area contributed by atoms with E-state index in [1.165, 1.54) is 23.9 Å². The quantitative estimate of drug-likeness (QED) is 0.863. The van der Waals surface area contributed by atoms with Crippen LogP contribution in [-0.4, -0.2) is 21.3 Å². The first-order valence-electron chi connectivity index (χ1n) is 5.78. The minimum atomic E-state index is -0.292. The summed E-state index contributed by atoms with van der Waals surface area (Å²) in [5, 5.41) is 9.42. The average molecular weight is 301 g/mol. The third kappa shape index (κ3) is 3.46. The molecule has 0 spiro atoms. The molecule has 1 aromatic carbocycles. The third-order valence-corrected chi connectivity index (χ3v) is 4.00. The molecule has 0 fully saturated rings. The van der Waals surface area contributed by atoms with E-state index in [1.807, 2.05) is 11.5 Å². The molecule has 1 heterocycles. The largest absolute Gasteiger partial charge is 0.329 e. The second-order valence-corrected chi connectivity index (χ2v) is 5.34. The van der Waals surface area contributed by atoms with Gasteiger partial charge in [-0.05, 0) is 30.7 Å². The summed E-state index contributed by atoms with van der Waals surface area (Å²) in [6, 6.07) is 4.34. The van der Waals surface area contributed by atoms with E-state index < -0.39 is 0 Å². The van der Waals surface area contributed by atoms with Crippen molar-refractivity contribution in [2.75, 3.05) is 6.54 Å². The summed E-state index contributed by atoms with van der Waals surface area (Å²) in [4.78, 5) is 0. The van der Waals surface area contributed by atoms with Gasteiger partial charge < -0.3 is 10.3 Å². The molecular weight excluding hydrogens is 287 g/mol. The number of nitrogens with zero attached hydrogens (tertiary/aromatic N) is 3. The van der Waals surface area contributed by atoms with Crippen LogP contribution in [0.15, 0.2) is 23.4 Å². The molecule has 0 saturated heterocycles. The van der Waals surface area contributed by atoms with E-state index in [2.05, 4.69) is 10.2 Å². The van der Waals surface area contributed by atoms with Crippen molar-refractivity contribution in [2.24, 2.45) is 5.73 Å². The van der Waals surface area contributed by atoms with Gasteiger partial charge in [0.1, 0.15) is 11.6 Å². The predicted octanol–water partition coefficient (Wildman–Crippen LogP) is 2.63. The number of aromatic nitrogens is 3. The first kappa shape index (κ1) is 14.3. The van der Waals surface area contributed by atoms with Crippen LogP contribution >= 0.6 is 23.4 Å². The van der Waals surface area contributed by atoms with Crippen LogP contribution in [0.2, 0.25) is 5.02 Å². The van der Waals surface area contributed by atoms with Crippen LogP contribution in [0.5, 0.6) is 0 Å². The monoisotopic (exact) mass is 300 g/mol. The number of halogens is 2. The lowest BCUT2D eigenvalue weighted by Crippen LogP contribution is -2.12. The highest BCUT2D eigenvalue weighted by molar-refractivity contribution is 7.98. The van der Waals surface area contributed by atoms with E-state index in [-0.39, 0.29) is 5.82 Å². The number of hydrogen-bond acceptors (Lipinski definition) is 4. The zero-order chi connectivity index (χ0) is 13.8. The number of thioether (sulfide) groups is 1. The molecule has 0 amide bonds. The summed E-state index contributed by atoms with van der Waals surface area (Å²) in [5.41, 5.74) is 6.29. The van der Waals surface area contributed by atoms with Crippen LogP contribution < -0.4 is 5.73 Å². The fourth-order valence-corrected chi connectivity index (χ4v) is 2.92. The second-order valence-electron chi connectivity index (χ2n) is 3.99. The predicted molar refractivity (Wildman–Crippen MR) is 74.8 cm³/mol. The SMILES string of the molecule is Cc1nnc(SCc2cc(F)ccc2Cl)n1CCN. The lowest BCUT2D eigenvalue weighted by Gasteiger charge is -2.07. The molecule has 19 heavy (non-hydrogen) atoms. The third-order valence-electron chi connectivity index (χ3n) is 2.62. The molecule has 7 heteroatoms. The van der Waals surface area contributed by atoms with Crippen LogP contribution in [0, 0.1) is 12.7 Å². The molecule has 0 aliphatic carbocycles. The standard InChI is InChI=1S/C12H14ClFN4S/c1-8-16-17-12(18(8)5-4-15)19-7-9-6-10(14)2-3-11(9)13/h2-3,6H,4-5,7,15H2,1H3. The molecule has 102 valence electrons. The van der Waals surface area contributed by atoms with Crippen molar-refractivity contribution in [1.82, 2.24) is 14.8 Å². The molecule has 0 aliphatic heterocycles. The molecule has 0 aliphatic rings. The van der Waals surface area contributed by atoms with E-state index in [0.717, 1.165) is 16.5 Å². The maximum atomic E-state index is 13.2. The van der Waals surface area contributed by atoms with Gasteiger partial charge in [0.05, 0.1) is 0 Å². The molecule has 2 N–H and O–H groups in total. The van der Waals surface area contributed by atoms with Gasteiger partial charge in [-0.2, -0.15) is 0 Å². The molecule has 4 nitrogen and oxygen atoms in total. The minimum Gasteiger partial charge on any atom is -0.329 e. The fourth-order valence-electron chi connectivity index (χ4n) is 1.65. The molecular formula is C12H14ClFN4S. The highest BCUT2D eigenvalue weighted by atomic mass is 35.5. The molecule has 2 rings (SSSR count). The summed E-state index contributed by atoms with van der Waals surface area (Å²) in [7, 11) is 0. The Morgan fingerprint density at radius 3 is 2.95 bits per heavy atom. The minimum absolute atomic E-state index is 0.292. The van der Waals surface area contributed by atoms with Gasteiger partial charge in [0.2, 0.25) is 0 Å². The smallest absolute Gasteiger partial charge is 0.191 e. The van der Waals surface area contributed by atoms with Crippen LogP contribution in [0.1, 0.15) is 11.4 Å². The van der Waals surface area contributed by atoms with Gasteiger partial charge in [-0.1, -0.05) is 23.4 Å². The van der Waals surface area contributed by atoms with Crippen molar-refractivity contribution in [2.45, 2.75) is 24.4 Å². The lowest BCUT2D eigenvalue weighted by atomic mass is 10.2. The van der Waals surface area contributed by atoms with Crippen molar-refractivity contribution in [1.29, 1.82) is 0 Å². The van der Waals surface area contributed by atoms with Gasteiger partial charge in [0.15, 0.2) is 5.16 Å². The van der Waals surface area contributed by atoms with Gasteiger partial charge in [0, 0.05) is 23.9 Å². The zero-order valence-corrected chi connectivity index (χ0v) is 12.0. The Labute approximate surface area is 120 Å². The summed E-state index contributed by atoms with van der Waals surface area (Å²) in [5.74, 6) is 1.07. The first-order valence-corrected chi connectivity index (χ1v) is 7.14. The summed E-state index contributed by atoms with van der Waals surface area (Å²) < 4.78 is 15.1. The Bertz CT molecular complexity index is 573. The van der Waals surface area contributed by atoms with Crippen LogP contribution in [-0.2, 0) is 12.3 Å². The zero-order valence-electron chi connectivity index (χ0n) is 10.4. The number of hydrogen-bond donors (Lipinski definition) is 1. The first-order chi connectivity index (χ1) is 9.11. The van der Waals surface area contributed by atoms with Crippen molar-refractivity contribution < 1.29 is 4.39 Å². The Morgan fingerprint density at radius 2 is 2.21 bits per heavy atom. The van der Waals surface area contributed by atoms with Gasteiger partial charge in [-0.15, -0.1) is 10.2 Å². The summed E-state index contributed by atoms with van der Waals surface area (Å²) in [6.45, 7) is 3.06. The lowest BCUT2D eigenvalue weighted by molar-refractivity contribution is 0.625. The summed E-state index contributed by atoms with van der Waals surface area (Å²) in [6.07, 6.45) is 0. The topological polar surface area (TPSA) is 56.7 Å². The Kier molecular flexibility index (Phi) is 4.79. The van der Waals surface area contributed by atoms with Crippen molar-refractivity contribution in [3.8, 4) is 0 Å². The average Bonchev–Trinajstić information content (AvgIpc) is 2.73. The van der Waals surface area contributed by atoms with Crippen molar-refractivity contribution >= 4 is 23.4 Å². The van der Waals surface area contributed by atoms with Gasteiger partial charge >= 0.3 is 0 Å². The molecule has 0 bridgehead atoms. The molecule has 0 unspecified atom stereocenters. The molecule has 0 saturated carbocycles. The molecule has 0 atom stereocenters. The van der Waals surface area contributed by atoms with E-state index in [9.17, 15) is 4.39 Å². The second kappa shape index (κ2) is 6.36.